The quantitative estimate of drug-likeness (QED) is 0.168. The molecule has 3 aliphatic carbocycles. The first-order valence-electron chi connectivity index (χ1n) is 20.9. The van der Waals surface area contributed by atoms with Crippen LogP contribution in [0.15, 0.2) is 186 Å². The smallest absolute Gasteiger partial charge is 0.160 e. The van der Waals surface area contributed by atoms with Crippen molar-refractivity contribution in [3.8, 4) is 33.8 Å². The van der Waals surface area contributed by atoms with Crippen molar-refractivity contribution in [3.05, 3.63) is 193 Å². The normalized spacial score (nSPS) is 18.8. The van der Waals surface area contributed by atoms with E-state index in [0.717, 1.165) is 83.4 Å². The maximum absolute atomic E-state index is 6.95. The van der Waals surface area contributed by atoms with E-state index >= 15 is 0 Å². The van der Waals surface area contributed by atoms with E-state index in [0.29, 0.717) is 11.8 Å². The maximum Gasteiger partial charge on any atom is 0.160 e. The molecule has 0 saturated carbocycles. The van der Waals surface area contributed by atoms with Crippen LogP contribution in [0.2, 0.25) is 0 Å². The Bertz CT molecular complexity index is 3290. The lowest BCUT2D eigenvalue weighted by Crippen LogP contribution is -2.30. The zero-order chi connectivity index (χ0) is 40.0. The molecule has 0 N–H and O–H groups in total. The minimum absolute atomic E-state index is 0.00730. The Morgan fingerprint density at radius 1 is 0.683 bits per heavy atom. The van der Waals surface area contributed by atoms with Gasteiger partial charge in [0.05, 0.1) is 27.6 Å². The summed E-state index contributed by atoms with van der Waals surface area (Å²) in [5, 5.41) is 3.39. The number of fused-ring (bicyclic) bond motifs is 9. The third-order valence-corrected chi connectivity index (χ3v) is 14.3. The van der Waals surface area contributed by atoms with Gasteiger partial charge in [-0.2, -0.15) is 0 Å². The first-order valence-corrected chi connectivity index (χ1v) is 21.7. The van der Waals surface area contributed by atoms with Crippen LogP contribution in [0.1, 0.15) is 37.3 Å². The summed E-state index contributed by atoms with van der Waals surface area (Å²) in [6.45, 7) is 4.82. The number of aromatic nitrogens is 2. The van der Waals surface area contributed by atoms with E-state index < -0.39 is 0 Å². The molecule has 5 heteroatoms. The summed E-state index contributed by atoms with van der Waals surface area (Å²) in [4.78, 5) is 13.0. The molecule has 3 unspecified atom stereocenters. The first-order chi connectivity index (χ1) is 29.5. The van der Waals surface area contributed by atoms with Gasteiger partial charge in [0.15, 0.2) is 11.4 Å². The van der Waals surface area contributed by atoms with Gasteiger partial charge in [0.1, 0.15) is 5.58 Å². The number of thiophene rings is 1. The number of allylic oxidation sites excluding steroid dienone is 6. The topological polar surface area (TPSA) is 42.2 Å². The highest BCUT2D eigenvalue weighted by Gasteiger charge is 2.45. The highest BCUT2D eigenvalue weighted by atomic mass is 32.1. The highest BCUT2D eigenvalue weighted by Crippen LogP contribution is 2.54. The fourth-order valence-electron chi connectivity index (χ4n) is 10.1. The zero-order valence-electron chi connectivity index (χ0n) is 33.4. The van der Waals surface area contributed by atoms with Gasteiger partial charge in [-0.25, -0.2) is 9.97 Å². The molecule has 3 aliphatic rings. The Kier molecular flexibility index (Phi) is 7.98. The van der Waals surface area contributed by atoms with E-state index in [9.17, 15) is 0 Å². The van der Waals surface area contributed by atoms with E-state index in [4.69, 9.17) is 14.4 Å². The molecule has 9 aromatic rings. The van der Waals surface area contributed by atoms with Crippen LogP contribution in [0.25, 0.3) is 76.0 Å². The van der Waals surface area contributed by atoms with Crippen molar-refractivity contribution in [2.75, 3.05) is 4.90 Å². The van der Waals surface area contributed by atoms with Gasteiger partial charge in [-0.15, -0.1) is 11.3 Å². The van der Waals surface area contributed by atoms with Crippen LogP contribution in [-0.2, 0) is 5.41 Å². The standard InChI is InChI=1S/C55H41N3OS/c1-55(2)44-22-12-9-19-40(44)41-30-29-38(33-45(41)55)58(37-17-7-4-8-18-37)46-32-31-39(49-42-20-10-13-23-47(42)59-52(46)49)34-25-27-36(28-26-34)54-56-50(35-15-5-3-6-16-35)53-51(57-54)43-21-11-14-24-48(43)60-53/h3-17,19-33,37,40,44H,18H2,1-2H3. The third-order valence-electron chi connectivity index (χ3n) is 13.1. The van der Waals surface area contributed by atoms with E-state index in [1.54, 1.807) is 11.3 Å². The summed E-state index contributed by atoms with van der Waals surface area (Å²) in [5.74, 6) is 1.57. The van der Waals surface area contributed by atoms with Crippen molar-refractivity contribution in [3.63, 3.8) is 0 Å². The Morgan fingerprint density at radius 2 is 1.45 bits per heavy atom. The summed E-state index contributed by atoms with van der Waals surface area (Å²) < 4.78 is 9.27. The van der Waals surface area contributed by atoms with Gasteiger partial charge in [0.2, 0.25) is 0 Å². The van der Waals surface area contributed by atoms with Gasteiger partial charge in [0.25, 0.3) is 0 Å². The first kappa shape index (κ1) is 35.2. The summed E-state index contributed by atoms with van der Waals surface area (Å²) >= 11 is 1.76. The molecule has 0 spiro atoms. The van der Waals surface area contributed by atoms with E-state index in [-0.39, 0.29) is 11.5 Å². The molecule has 6 aromatic carbocycles. The van der Waals surface area contributed by atoms with E-state index in [1.807, 2.05) is 0 Å². The molecule has 0 radical (unpaired) electrons. The lowest BCUT2D eigenvalue weighted by atomic mass is 9.74. The second-order valence-electron chi connectivity index (χ2n) is 16.9. The molecule has 0 bridgehead atoms. The van der Waals surface area contributed by atoms with Gasteiger partial charge in [-0.3, -0.25) is 0 Å². The van der Waals surface area contributed by atoms with Crippen molar-refractivity contribution in [1.29, 1.82) is 0 Å². The van der Waals surface area contributed by atoms with Crippen LogP contribution in [0.3, 0.4) is 0 Å². The van der Waals surface area contributed by atoms with Gasteiger partial charge in [-0.05, 0) is 70.3 Å². The van der Waals surface area contributed by atoms with Crippen molar-refractivity contribution < 1.29 is 4.42 Å². The molecule has 3 heterocycles. The monoisotopic (exact) mass is 791 g/mol. The fourth-order valence-corrected chi connectivity index (χ4v) is 11.3. The van der Waals surface area contributed by atoms with E-state index in [1.165, 1.54) is 21.5 Å². The van der Waals surface area contributed by atoms with Gasteiger partial charge in [0, 0.05) is 43.6 Å². The number of rotatable bonds is 6. The number of anilines is 2. The Hall–Kier alpha value is -6.82. The zero-order valence-corrected chi connectivity index (χ0v) is 34.2. The SMILES string of the molecule is CC1(C)c2cc(N(c3ccc(-c4ccc(-c5nc(-c6ccccc6)c6sc7ccccc7c6n5)cc4)c4c3oc3ccccc34)C3C=CC=CC3)ccc2C2C=CC=CC21. The summed E-state index contributed by atoms with van der Waals surface area (Å²) in [6.07, 6.45) is 19.0. The molecular formula is C55H41N3OS. The van der Waals surface area contributed by atoms with Crippen molar-refractivity contribution >= 4 is 65.0 Å². The second-order valence-corrected chi connectivity index (χ2v) is 17.9. The van der Waals surface area contributed by atoms with Gasteiger partial charge in [-0.1, -0.05) is 166 Å². The summed E-state index contributed by atoms with van der Waals surface area (Å²) in [6, 6.07) is 48.1. The minimum atomic E-state index is 0.00730. The Labute approximate surface area is 353 Å². The van der Waals surface area contributed by atoms with Crippen molar-refractivity contribution in [2.45, 2.75) is 37.6 Å². The Morgan fingerprint density at radius 3 is 2.30 bits per heavy atom. The third kappa shape index (κ3) is 5.42. The predicted octanol–water partition coefficient (Wildman–Crippen LogP) is 14.9. The van der Waals surface area contributed by atoms with Gasteiger partial charge >= 0.3 is 0 Å². The molecule has 60 heavy (non-hydrogen) atoms. The number of hydrogen-bond donors (Lipinski definition) is 0. The van der Waals surface area contributed by atoms with Crippen LogP contribution in [0.5, 0.6) is 0 Å². The molecule has 3 atom stereocenters. The average Bonchev–Trinajstić information content (AvgIpc) is 3.95. The molecule has 288 valence electrons. The Balaban J connectivity index is 0.998. The van der Waals surface area contributed by atoms with Crippen LogP contribution < -0.4 is 4.90 Å². The number of nitrogens with zero attached hydrogens (tertiary/aromatic N) is 3. The van der Waals surface area contributed by atoms with Crippen molar-refractivity contribution in [2.24, 2.45) is 5.92 Å². The largest absolute Gasteiger partial charge is 0.454 e. The number of hydrogen-bond acceptors (Lipinski definition) is 5. The number of benzene rings is 6. The highest BCUT2D eigenvalue weighted by molar-refractivity contribution is 7.26. The number of furan rings is 1. The molecule has 0 saturated heterocycles. The molecule has 0 fully saturated rings. The van der Waals surface area contributed by atoms with Gasteiger partial charge < -0.3 is 9.32 Å². The van der Waals surface area contributed by atoms with Crippen LogP contribution >= 0.6 is 11.3 Å². The van der Waals surface area contributed by atoms with Crippen LogP contribution in [-0.4, -0.2) is 16.0 Å². The predicted molar refractivity (Wildman–Crippen MR) is 251 cm³/mol. The maximum atomic E-state index is 6.95. The average molecular weight is 792 g/mol. The second kappa shape index (κ2) is 13.6. The fraction of sp³-hybridized carbons (Fsp3) is 0.127. The van der Waals surface area contributed by atoms with Crippen LogP contribution in [0, 0.1) is 5.92 Å². The van der Waals surface area contributed by atoms with Crippen molar-refractivity contribution in [1.82, 2.24) is 9.97 Å². The molecule has 0 amide bonds. The molecular weight excluding hydrogens is 751 g/mol. The summed E-state index contributed by atoms with van der Waals surface area (Å²) in [7, 11) is 0. The molecule has 12 rings (SSSR count). The molecule has 3 aromatic heterocycles. The summed E-state index contributed by atoms with van der Waals surface area (Å²) in [5.41, 5.74) is 13.2. The molecule has 4 nitrogen and oxygen atoms in total. The lowest BCUT2D eigenvalue weighted by molar-refractivity contribution is 0.394. The van der Waals surface area contributed by atoms with E-state index in [2.05, 4.69) is 201 Å². The lowest BCUT2D eigenvalue weighted by Gasteiger charge is -2.34. The number of para-hydroxylation sites is 1. The van der Waals surface area contributed by atoms with Crippen LogP contribution in [0.4, 0.5) is 11.4 Å². The molecule has 0 aliphatic heterocycles. The minimum Gasteiger partial charge on any atom is -0.454 e.